The van der Waals surface area contributed by atoms with Gasteiger partial charge in [-0.2, -0.15) is 0 Å². The van der Waals surface area contributed by atoms with Crippen molar-refractivity contribution in [2.24, 2.45) is 0 Å². The molecular weight excluding hydrogens is 286 g/mol. The molecule has 114 valence electrons. The van der Waals surface area contributed by atoms with E-state index in [1.54, 1.807) is 24.4 Å². The zero-order valence-corrected chi connectivity index (χ0v) is 12.6. The van der Waals surface area contributed by atoms with Gasteiger partial charge in [0.1, 0.15) is 5.82 Å². The molecule has 0 aliphatic rings. The molecule has 2 N–H and O–H groups in total. The fourth-order valence-corrected chi connectivity index (χ4v) is 2.15. The zero-order valence-electron chi connectivity index (χ0n) is 12.6. The number of carbonyl (C=O) groups excluding carboxylic acids is 1. The van der Waals surface area contributed by atoms with Crippen LogP contribution in [-0.4, -0.2) is 10.9 Å². The van der Waals surface area contributed by atoms with E-state index in [1.807, 2.05) is 42.5 Å². The van der Waals surface area contributed by atoms with E-state index >= 15 is 0 Å². The molecule has 1 aromatic heterocycles. The van der Waals surface area contributed by atoms with Crippen molar-refractivity contribution in [3.8, 4) is 0 Å². The Hall–Kier alpha value is -3.14. The Morgan fingerprint density at radius 2 is 1.57 bits per heavy atom. The molecular formula is C19H17N3O. The van der Waals surface area contributed by atoms with Crippen LogP contribution in [0.25, 0.3) is 0 Å². The number of anilines is 2. The molecule has 0 atom stereocenters. The Morgan fingerprint density at radius 1 is 0.870 bits per heavy atom. The number of amides is 1. The summed E-state index contributed by atoms with van der Waals surface area (Å²) in [7, 11) is 0. The van der Waals surface area contributed by atoms with Crippen molar-refractivity contribution >= 4 is 17.4 Å². The molecule has 3 rings (SSSR count). The molecule has 0 aliphatic heterocycles. The number of pyridine rings is 1. The van der Waals surface area contributed by atoms with Gasteiger partial charge in [0.05, 0.1) is 11.9 Å². The first-order valence-corrected chi connectivity index (χ1v) is 7.41. The predicted octanol–water partition coefficient (Wildman–Crippen LogP) is 3.95. The Bertz CT molecular complexity index is 756. The van der Waals surface area contributed by atoms with Gasteiger partial charge in [0.25, 0.3) is 5.91 Å². The van der Waals surface area contributed by atoms with Gasteiger partial charge < -0.3 is 10.6 Å². The molecule has 1 heterocycles. The average molecular weight is 303 g/mol. The molecule has 0 saturated heterocycles. The molecule has 0 saturated carbocycles. The number of nitrogens with one attached hydrogen (secondary N) is 2. The summed E-state index contributed by atoms with van der Waals surface area (Å²) in [6.07, 6.45) is 1.71. The van der Waals surface area contributed by atoms with Crippen LogP contribution in [0.4, 0.5) is 11.5 Å². The molecule has 0 bridgehead atoms. The topological polar surface area (TPSA) is 54.0 Å². The lowest BCUT2D eigenvalue weighted by Crippen LogP contribution is -2.12. The number of rotatable bonds is 5. The van der Waals surface area contributed by atoms with E-state index in [9.17, 15) is 4.79 Å². The van der Waals surface area contributed by atoms with Crippen LogP contribution < -0.4 is 10.6 Å². The van der Waals surface area contributed by atoms with Crippen LogP contribution in [0.3, 0.4) is 0 Å². The lowest BCUT2D eigenvalue weighted by atomic mass is 10.2. The van der Waals surface area contributed by atoms with Crippen molar-refractivity contribution < 1.29 is 4.79 Å². The van der Waals surface area contributed by atoms with E-state index in [0.717, 1.165) is 12.2 Å². The van der Waals surface area contributed by atoms with Crippen molar-refractivity contribution in [1.82, 2.24) is 4.98 Å². The van der Waals surface area contributed by atoms with E-state index in [0.29, 0.717) is 11.4 Å². The van der Waals surface area contributed by atoms with Gasteiger partial charge in [-0.3, -0.25) is 4.79 Å². The zero-order chi connectivity index (χ0) is 15.9. The highest BCUT2D eigenvalue weighted by atomic mass is 16.1. The third-order valence-corrected chi connectivity index (χ3v) is 3.38. The minimum atomic E-state index is -0.164. The highest BCUT2D eigenvalue weighted by molar-refractivity contribution is 6.03. The molecule has 4 heteroatoms. The first-order chi connectivity index (χ1) is 11.3. The number of benzene rings is 2. The van der Waals surface area contributed by atoms with Crippen molar-refractivity contribution in [2.75, 3.05) is 10.6 Å². The van der Waals surface area contributed by atoms with Crippen molar-refractivity contribution in [3.05, 3.63) is 90.1 Å². The summed E-state index contributed by atoms with van der Waals surface area (Å²) >= 11 is 0. The van der Waals surface area contributed by atoms with Gasteiger partial charge in [-0.15, -0.1) is 0 Å². The number of carbonyl (C=O) groups is 1. The number of hydrogen-bond donors (Lipinski definition) is 2. The molecule has 1 amide bonds. The van der Waals surface area contributed by atoms with E-state index < -0.39 is 0 Å². The number of nitrogens with zero attached hydrogens (tertiary/aromatic N) is 1. The van der Waals surface area contributed by atoms with Crippen LogP contribution in [0.15, 0.2) is 79.0 Å². The van der Waals surface area contributed by atoms with Gasteiger partial charge in [0.2, 0.25) is 0 Å². The second-order valence-corrected chi connectivity index (χ2v) is 5.09. The summed E-state index contributed by atoms with van der Waals surface area (Å²) in [5.74, 6) is 0.368. The van der Waals surface area contributed by atoms with Crippen LogP contribution in [0.2, 0.25) is 0 Å². The van der Waals surface area contributed by atoms with Crippen LogP contribution in [0, 0.1) is 0 Å². The lowest BCUT2D eigenvalue weighted by molar-refractivity contribution is 0.102. The molecule has 4 nitrogen and oxygen atoms in total. The van der Waals surface area contributed by atoms with Gasteiger partial charge in [-0.05, 0) is 29.8 Å². The van der Waals surface area contributed by atoms with Crippen LogP contribution in [0.1, 0.15) is 15.9 Å². The molecule has 0 fully saturated rings. The third-order valence-electron chi connectivity index (χ3n) is 3.38. The summed E-state index contributed by atoms with van der Waals surface area (Å²) in [6, 6.07) is 22.9. The fraction of sp³-hybridized carbons (Fsp3) is 0.0526. The predicted molar refractivity (Wildman–Crippen MR) is 92.4 cm³/mol. The van der Waals surface area contributed by atoms with Crippen molar-refractivity contribution in [1.29, 1.82) is 0 Å². The number of aromatic nitrogens is 1. The van der Waals surface area contributed by atoms with Gasteiger partial charge in [-0.25, -0.2) is 4.98 Å². The van der Waals surface area contributed by atoms with Crippen LogP contribution in [0.5, 0.6) is 0 Å². The van der Waals surface area contributed by atoms with E-state index in [2.05, 4.69) is 27.8 Å². The van der Waals surface area contributed by atoms with Gasteiger partial charge >= 0.3 is 0 Å². The Labute approximate surface area is 135 Å². The largest absolute Gasteiger partial charge is 0.380 e. The molecule has 2 aromatic carbocycles. The number of hydrogen-bond acceptors (Lipinski definition) is 3. The first kappa shape index (κ1) is 14.8. The molecule has 0 unspecified atom stereocenters. The van der Waals surface area contributed by atoms with Gasteiger partial charge in [0.15, 0.2) is 0 Å². The molecule has 0 aliphatic carbocycles. The maximum atomic E-state index is 12.0. The Morgan fingerprint density at radius 3 is 2.22 bits per heavy atom. The van der Waals surface area contributed by atoms with Gasteiger partial charge in [0, 0.05) is 12.1 Å². The average Bonchev–Trinajstić information content (AvgIpc) is 2.63. The minimum absolute atomic E-state index is 0.164. The minimum Gasteiger partial charge on any atom is -0.380 e. The second kappa shape index (κ2) is 7.22. The highest BCUT2D eigenvalue weighted by Crippen LogP contribution is 2.12. The summed E-state index contributed by atoms with van der Waals surface area (Å²) in [4.78, 5) is 16.3. The Balaban J connectivity index is 1.58. The molecule has 0 radical (unpaired) electrons. The van der Waals surface area contributed by atoms with E-state index in [1.165, 1.54) is 5.56 Å². The van der Waals surface area contributed by atoms with Crippen molar-refractivity contribution in [2.45, 2.75) is 6.54 Å². The van der Waals surface area contributed by atoms with Crippen molar-refractivity contribution in [3.63, 3.8) is 0 Å². The Kier molecular flexibility index (Phi) is 4.64. The van der Waals surface area contributed by atoms with E-state index in [4.69, 9.17) is 0 Å². The second-order valence-electron chi connectivity index (χ2n) is 5.09. The smallest absolute Gasteiger partial charge is 0.256 e. The third kappa shape index (κ3) is 4.17. The van der Waals surface area contributed by atoms with E-state index in [-0.39, 0.29) is 5.91 Å². The SMILES string of the molecule is O=C(Nc1ccc(NCc2ccccc2)cn1)c1ccccc1. The summed E-state index contributed by atoms with van der Waals surface area (Å²) in [6.45, 7) is 0.734. The molecule has 3 aromatic rings. The molecule has 23 heavy (non-hydrogen) atoms. The van der Waals surface area contributed by atoms with Crippen LogP contribution in [-0.2, 0) is 6.54 Å². The molecule has 0 spiro atoms. The summed E-state index contributed by atoms with van der Waals surface area (Å²) < 4.78 is 0. The van der Waals surface area contributed by atoms with Crippen LogP contribution >= 0.6 is 0 Å². The lowest BCUT2D eigenvalue weighted by Gasteiger charge is -2.08. The fourth-order valence-electron chi connectivity index (χ4n) is 2.15. The quantitative estimate of drug-likeness (QED) is 0.750. The van der Waals surface area contributed by atoms with Gasteiger partial charge in [-0.1, -0.05) is 48.5 Å². The maximum absolute atomic E-state index is 12.0. The normalized spacial score (nSPS) is 10.1. The summed E-state index contributed by atoms with van der Waals surface area (Å²) in [5, 5.41) is 6.08. The summed E-state index contributed by atoms with van der Waals surface area (Å²) in [5.41, 5.74) is 2.72. The highest BCUT2D eigenvalue weighted by Gasteiger charge is 2.05. The maximum Gasteiger partial charge on any atom is 0.256 e. The first-order valence-electron chi connectivity index (χ1n) is 7.41. The monoisotopic (exact) mass is 303 g/mol. The standard InChI is InChI=1S/C19H17N3O/c23-19(16-9-5-2-6-10-16)22-18-12-11-17(14-21-18)20-13-15-7-3-1-4-8-15/h1-12,14,20H,13H2,(H,21,22,23).